The highest BCUT2D eigenvalue weighted by Crippen LogP contribution is 2.29. The molecule has 0 saturated carbocycles. The maximum absolute atomic E-state index is 14.1. The van der Waals surface area contributed by atoms with Gasteiger partial charge >= 0.3 is 0 Å². The van der Waals surface area contributed by atoms with E-state index >= 15 is 0 Å². The zero-order valence-corrected chi connectivity index (χ0v) is 25.2. The van der Waals surface area contributed by atoms with Gasteiger partial charge in [-0.15, -0.1) is 0 Å². The first kappa shape index (κ1) is 30.9. The highest BCUT2D eigenvalue weighted by molar-refractivity contribution is 7.92. The van der Waals surface area contributed by atoms with Crippen molar-refractivity contribution in [3.63, 3.8) is 0 Å². The molecule has 1 atom stereocenters. The number of nitrogens with zero attached hydrogens (tertiary/aromatic N) is 2. The van der Waals surface area contributed by atoms with Crippen molar-refractivity contribution in [2.45, 2.75) is 71.9 Å². The molecule has 8 heteroatoms. The molecule has 0 aliphatic rings. The van der Waals surface area contributed by atoms with Crippen molar-refractivity contribution in [2.75, 3.05) is 17.4 Å². The summed E-state index contributed by atoms with van der Waals surface area (Å²) in [6, 6.07) is 19.0. The number of carbonyl (C=O) groups excluding carboxylic acids is 2. The van der Waals surface area contributed by atoms with Crippen LogP contribution in [0.5, 0.6) is 0 Å². The molecule has 0 fully saturated rings. The second-order valence-corrected chi connectivity index (χ2v) is 12.1. The van der Waals surface area contributed by atoms with E-state index in [1.54, 1.807) is 36.4 Å². The highest BCUT2D eigenvalue weighted by Gasteiger charge is 2.34. The lowest BCUT2D eigenvalue weighted by atomic mass is 10.1. The SMILES string of the molecule is CCCNC(=O)C(CC)N(Cc1ccc(C)cc1)C(=O)CN(c1cccc(C)c1C)S(=O)(=O)c1ccc(C)cc1. The summed E-state index contributed by atoms with van der Waals surface area (Å²) in [7, 11) is -4.10. The summed E-state index contributed by atoms with van der Waals surface area (Å²) in [6.07, 6.45) is 1.16. The number of rotatable bonds is 12. The summed E-state index contributed by atoms with van der Waals surface area (Å²) in [6.45, 7) is 11.7. The fourth-order valence-corrected chi connectivity index (χ4v) is 6.00. The lowest BCUT2D eigenvalue weighted by Crippen LogP contribution is -2.52. The number of anilines is 1. The molecule has 0 aliphatic carbocycles. The fourth-order valence-electron chi connectivity index (χ4n) is 4.53. The average molecular weight is 564 g/mol. The number of hydrogen-bond acceptors (Lipinski definition) is 4. The Morgan fingerprint density at radius 3 is 2.02 bits per heavy atom. The van der Waals surface area contributed by atoms with E-state index in [9.17, 15) is 18.0 Å². The lowest BCUT2D eigenvalue weighted by Gasteiger charge is -2.33. The van der Waals surface area contributed by atoms with E-state index in [1.165, 1.54) is 9.21 Å². The molecule has 0 radical (unpaired) electrons. The average Bonchev–Trinajstić information content (AvgIpc) is 2.93. The Hall–Kier alpha value is -3.65. The summed E-state index contributed by atoms with van der Waals surface area (Å²) in [4.78, 5) is 29.0. The molecule has 214 valence electrons. The first-order valence-corrected chi connectivity index (χ1v) is 15.2. The summed E-state index contributed by atoms with van der Waals surface area (Å²) in [5, 5.41) is 2.91. The van der Waals surface area contributed by atoms with E-state index < -0.39 is 28.5 Å². The van der Waals surface area contributed by atoms with Crippen LogP contribution in [0.4, 0.5) is 5.69 Å². The second-order valence-electron chi connectivity index (χ2n) is 10.3. The fraction of sp³-hybridized carbons (Fsp3) is 0.375. The molecule has 3 aromatic rings. The van der Waals surface area contributed by atoms with Gasteiger partial charge in [-0.3, -0.25) is 13.9 Å². The van der Waals surface area contributed by atoms with E-state index in [-0.39, 0.29) is 17.3 Å². The molecule has 7 nitrogen and oxygen atoms in total. The lowest BCUT2D eigenvalue weighted by molar-refractivity contribution is -0.140. The van der Waals surface area contributed by atoms with Crippen molar-refractivity contribution in [1.82, 2.24) is 10.2 Å². The minimum absolute atomic E-state index is 0.102. The Morgan fingerprint density at radius 1 is 0.850 bits per heavy atom. The van der Waals surface area contributed by atoms with Gasteiger partial charge in [-0.2, -0.15) is 0 Å². The number of hydrogen-bond donors (Lipinski definition) is 1. The van der Waals surface area contributed by atoms with Gasteiger partial charge in [0.15, 0.2) is 0 Å². The van der Waals surface area contributed by atoms with E-state index in [0.717, 1.165) is 34.2 Å². The Bertz CT molecular complexity index is 1420. The monoisotopic (exact) mass is 563 g/mol. The molecule has 0 bridgehead atoms. The summed E-state index contributed by atoms with van der Waals surface area (Å²) in [5.41, 5.74) is 4.99. The van der Waals surface area contributed by atoms with Crippen LogP contribution in [-0.2, 0) is 26.2 Å². The molecular formula is C32H41N3O4S. The predicted molar refractivity (Wildman–Crippen MR) is 161 cm³/mol. The first-order valence-electron chi connectivity index (χ1n) is 13.8. The standard InChI is InChI=1S/C32H41N3O4S/c1-7-20-33-32(37)29(8-2)34(21-27-16-12-23(3)13-17-27)31(36)22-35(30-11-9-10-25(5)26(30)6)40(38,39)28-18-14-24(4)15-19-28/h9-19,29H,7-8,20-22H2,1-6H3,(H,33,37). The van der Waals surface area contributed by atoms with Gasteiger partial charge in [0.1, 0.15) is 12.6 Å². The largest absolute Gasteiger partial charge is 0.354 e. The van der Waals surface area contributed by atoms with Crippen molar-refractivity contribution >= 4 is 27.5 Å². The van der Waals surface area contributed by atoms with Crippen molar-refractivity contribution in [1.29, 1.82) is 0 Å². The molecule has 0 heterocycles. The quantitative estimate of drug-likeness (QED) is 0.318. The van der Waals surface area contributed by atoms with Gasteiger partial charge in [0, 0.05) is 13.1 Å². The van der Waals surface area contributed by atoms with E-state index in [2.05, 4.69) is 5.32 Å². The topological polar surface area (TPSA) is 86.8 Å². The van der Waals surface area contributed by atoms with Crippen LogP contribution in [0.25, 0.3) is 0 Å². The van der Waals surface area contributed by atoms with E-state index in [1.807, 2.05) is 71.9 Å². The Labute approximate surface area is 239 Å². The number of benzene rings is 3. The molecule has 1 unspecified atom stereocenters. The highest BCUT2D eigenvalue weighted by atomic mass is 32.2. The van der Waals surface area contributed by atoms with E-state index in [4.69, 9.17) is 0 Å². The van der Waals surface area contributed by atoms with Crippen molar-refractivity contribution in [2.24, 2.45) is 0 Å². The van der Waals surface area contributed by atoms with Gasteiger partial charge in [-0.05, 0) is 75.4 Å². The first-order chi connectivity index (χ1) is 19.0. The number of amides is 2. The number of sulfonamides is 1. The van der Waals surface area contributed by atoms with Gasteiger partial charge in [-0.1, -0.05) is 73.5 Å². The van der Waals surface area contributed by atoms with Crippen molar-refractivity contribution in [3.8, 4) is 0 Å². The predicted octanol–water partition coefficient (Wildman–Crippen LogP) is 5.45. The number of carbonyl (C=O) groups is 2. The Morgan fingerprint density at radius 2 is 1.45 bits per heavy atom. The zero-order chi connectivity index (χ0) is 29.4. The van der Waals surface area contributed by atoms with Crippen LogP contribution in [0.15, 0.2) is 71.6 Å². The molecule has 1 N–H and O–H groups in total. The molecule has 2 amide bonds. The second kappa shape index (κ2) is 13.6. The van der Waals surface area contributed by atoms with Gasteiger partial charge in [-0.25, -0.2) is 8.42 Å². The number of aryl methyl sites for hydroxylation is 3. The Kier molecular flexibility index (Phi) is 10.5. The number of nitrogens with one attached hydrogen (secondary N) is 1. The van der Waals surface area contributed by atoms with Gasteiger partial charge in [0.2, 0.25) is 11.8 Å². The Balaban J connectivity index is 2.09. The van der Waals surface area contributed by atoms with Crippen LogP contribution in [0.1, 0.15) is 54.5 Å². The van der Waals surface area contributed by atoms with Crippen molar-refractivity contribution in [3.05, 3.63) is 94.5 Å². The maximum Gasteiger partial charge on any atom is 0.264 e. The molecule has 0 spiro atoms. The van der Waals surface area contributed by atoms with Gasteiger partial charge < -0.3 is 10.2 Å². The van der Waals surface area contributed by atoms with Crippen LogP contribution >= 0.6 is 0 Å². The summed E-state index contributed by atoms with van der Waals surface area (Å²) >= 11 is 0. The minimum atomic E-state index is -4.10. The molecule has 0 aliphatic heterocycles. The third kappa shape index (κ3) is 7.30. The van der Waals surface area contributed by atoms with Crippen LogP contribution in [-0.4, -0.2) is 44.3 Å². The third-order valence-electron chi connectivity index (χ3n) is 7.14. The normalized spacial score (nSPS) is 12.1. The molecule has 0 aromatic heterocycles. The zero-order valence-electron chi connectivity index (χ0n) is 24.4. The summed E-state index contributed by atoms with van der Waals surface area (Å²) < 4.78 is 29.3. The molecule has 0 saturated heterocycles. The molecular weight excluding hydrogens is 522 g/mol. The van der Waals surface area contributed by atoms with Crippen LogP contribution in [0.3, 0.4) is 0 Å². The molecule has 40 heavy (non-hydrogen) atoms. The van der Waals surface area contributed by atoms with Gasteiger partial charge in [0.25, 0.3) is 10.0 Å². The van der Waals surface area contributed by atoms with Gasteiger partial charge in [0.05, 0.1) is 10.6 Å². The molecule has 3 aromatic carbocycles. The maximum atomic E-state index is 14.1. The van der Waals surface area contributed by atoms with Crippen molar-refractivity contribution < 1.29 is 18.0 Å². The van der Waals surface area contributed by atoms with Crippen LogP contribution < -0.4 is 9.62 Å². The van der Waals surface area contributed by atoms with Crippen LogP contribution in [0.2, 0.25) is 0 Å². The summed E-state index contributed by atoms with van der Waals surface area (Å²) in [5.74, 6) is -0.694. The minimum Gasteiger partial charge on any atom is -0.354 e. The smallest absolute Gasteiger partial charge is 0.264 e. The third-order valence-corrected chi connectivity index (χ3v) is 8.92. The molecule has 3 rings (SSSR count). The van der Waals surface area contributed by atoms with E-state index in [0.29, 0.717) is 18.7 Å². The van der Waals surface area contributed by atoms with Crippen LogP contribution in [0, 0.1) is 27.7 Å².